The summed E-state index contributed by atoms with van der Waals surface area (Å²) >= 11 is 3.36. The second kappa shape index (κ2) is 9.71. The average molecular weight is 439 g/mol. The van der Waals surface area contributed by atoms with E-state index in [2.05, 4.69) is 26.5 Å². The predicted molar refractivity (Wildman–Crippen MR) is 113 cm³/mol. The van der Waals surface area contributed by atoms with Gasteiger partial charge in [-0.05, 0) is 64.0 Å². The number of halogens is 1. The normalized spacial score (nSPS) is 10.6. The average Bonchev–Trinajstić information content (AvgIpc) is 2.73. The quantitative estimate of drug-likeness (QED) is 0.425. The maximum absolute atomic E-state index is 12.2. The second-order valence-electron chi connectivity index (χ2n) is 5.85. The molecule has 142 valence electrons. The SMILES string of the molecule is COc1ccc(/C=N/NC(=O)c2ccccc2Br)cc1COc1ccccc1. The minimum atomic E-state index is -0.287. The van der Waals surface area contributed by atoms with E-state index < -0.39 is 0 Å². The number of methoxy groups -OCH3 is 1. The molecule has 0 aromatic heterocycles. The van der Waals surface area contributed by atoms with Gasteiger partial charge in [-0.15, -0.1) is 0 Å². The third-order valence-electron chi connectivity index (χ3n) is 3.94. The maximum Gasteiger partial charge on any atom is 0.272 e. The second-order valence-corrected chi connectivity index (χ2v) is 6.71. The van der Waals surface area contributed by atoms with E-state index in [4.69, 9.17) is 9.47 Å². The van der Waals surface area contributed by atoms with E-state index in [-0.39, 0.29) is 5.91 Å². The number of benzene rings is 3. The minimum Gasteiger partial charge on any atom is -0.496 e. The Bertz CT molecular complexity index is 975. The van der Waals surface area contributed by atoms with Crippen LogP contribution in [0.15, 0.2) is 82.4 Å². The monoisotopic (exact) mass is 438 g/mol. The van der Waals surface area contributed by atoms with Crippen LogP contribution >= 0.6 is 15.9 Å². The molecule has 3 rings (SSSR count). The number of ether oxygens (including phenoxy) is 2. The molecule has 0 unspecified atom stereocenters. The van der Waals surface area contributed by atoms with Gasteiger partial charge in [0.05, 0.1) is 18.9 Å². The van der Waals surface area contributed by atoms with Gasteiger partial charge < -0.3 is 9.47 Å². The van der Waals surface area contributed by atoms with Crippen LogP contribution in [0.2, 0.25) is 0 Å². The largest absolute Gasteiger partial charge is 0.496 e. The molecule has 0 atom stereocenters. The Kier molecular flexibility index (Phi) is 6.81. The van der Waals surface area contributed by atoms with Gasteiger partial charge in [0.15, 0.2) is 0 Å². The van der Waals surface area contributed by atoms with Crippen molar-refractivity contribution < 1.29 is 14.3 Å². The smallest absolute Gasteiger partial charge is 0.272 e. The van der Waals surface area contributed by atoms with Crippen molar-refractivity contribution in [3.63, 3.8) is 0 Å². The predicted octanol–water partition coefficient (Wildman–Crippen LogP) is 4.80. The lowest BCUT2D eigenvalue weighted by atomic mass is 10.1. The van der Waals surface area contributed by atoms with Crippen molar-refractivity contribution in [1.29, 1.82) is 0 Å². The van der Waals surface area contributed by atoms with Gasteiger partial charge in [-0.1, -0.05) is 30.3 Å². The molecule has 0 fully saturated rings. The van der Waals surface area contributed by atoms with Crippen LogP contribution in [0, 0.1) is 0 Å². The first-order valence-corrected chi connectivity index (χ1v) is 9.39. The summed E-state index contributed by atoms with van der Waals surface area (Å²) in [7, 11) is 1.62. The summed E-state index contributed by atoms with van der Waals surface area (Å²) in [6, 6.07) is 22.4. The summed E-state index contributed by atoms with van der Waals surface area (Å²) < 4.78 is 11.9. The molecule has 3 aromatic carbocycles. The molecule has 0 bridgehead atoms. The zero-order chi connectivity index (χ0) is 19.8. The molecule has 6 heteroatoms. The molecule has 0 aliphatic carbocycles. The summed E-state index contributed by atoms with van der Waals surface area (Å²) in [6.45, 7) is 0.359. The van der Waals surface area contributed by atoms with Gasteiger partial charge in [0, 0.05) is 10.0 Å². The number of carbonyl (C=O) groups excluding carboxylic acids is 1. The minimum absolute atomic E-state index is 0.287. The Labute approximate surface area is 172 Å². The highest BCUT2D eigenvalue weighted by atomic mass is 79.9. The molecule has 0 aliphatic rings. The number of nitrogens with zero attached hydrogens (tertiary/aromatic N) is 1. The van der Waals surface area contributed by atoms with Crippen molar-refractivity contribution in [3.8, 4) is 11.5 Å². The molecule has 0 heterocycles. The molecular formula is C22H19BrN2O3. The number of hydrogen-bond donors (Lipinski definition) is 1. The third-order valence-corrected chi connectivity index (χ3v) is 4.63. The number of amides is 1. The molecule has 3 aromatic rings. The molecule has 0 spiro atoms. The topological polar surface area (TPSA) is 59.9 Å². The molecule has 5 nitrogen and oxygen atoms in total. The van der Waals surface area contributed by atoms with Crippen molar-refractivity contribution in [2.24, 2.45) is 5.10 Å². The molecule has 0 radical (unpaired) electrons. The summed E-state index contributed by atoms with van der Waals surface area (Å²) in [4.78, 5) is 12.2. The van der Waals surface area contributed by atoms with E-state index in [1.165, 1.54) is 0 Å². The Morgan fingerprint density at radius 1 is 1.07 bits per heavy atom. The molecule has 0 saturated carbocycles. The molecule has 0 saturated heterocycles. The van der Waals surface area contributed by atoms with Crippen LogP contribution in [0.3, 0.4) is 0 Å². The molecule has 28 heavy (non-hydrogen) atoms. The van der Waals surface area contributed by atoms with Crippen molar-refractivity contribution in [1.82, 2.24) is 5.43 Å². The van der Waals surface area contributed by atoms with E-state index in [1.807, 2.05) is 54.6 Å². The molecule has 1 N–H and O–H groups in total. The number of nitrogens with one attached hydrogen (secondary N) is 1. The highest BCUT2D eigenvalue weighted by Crippen LogP contribution is 2.22. The number of hydrogen-bond acceptors (Lipinski definition) is 4. The highest BCUT2D eigenvalue weighted by molar-refractivity contribution is 9.10. The zero-order valence-electron chi connectivity index (χ0n) is 15.3. The fraction of sp³-hybridized carbons (Fsp3) is 0.0909. The lowest BCUT2D eigenvalue weighted by Crippen LogP contribution is -2.18. The van der Waals surface area contributed by atoms with Crippen LogP contribution in [0.4, 0.5) is 0 Å². The van der Waals surface area contributed by atoms with Crippen molar-refractivity contribution in [2.45, 2.75) is 6.61 Å². The van der Waals surface area contributed by atoms with Crippen LogP contribution < -0.4 is 14.9 Å². The molecule has 0 aliphatic heterocycles. The van der Waals surface area contributed by atoms with Crippen LogP contribution in [-0.4, -0.2) is 19.2 Å². The Hall–Kier alpha value is -3.12. The lowest BCUT2D eigenvalue weighted by molar-refractivity contribution is 0.0954. The van der Waals surface area contributed by atoms with Crippen LogP contribution in [0.5, 0.6) is 11.5 Å². The first-order valence-electron chi connectivity index (χ1n) is 8.60. The standard InChI is InChI=1S/C22H19BrN2O3/c1-27-21-12-11-16(13-17(21)15-28-18-7-3-2-4-8-18)14-24-25-22(26)19-9-5-6-10-20(19)23/h2-14H,15H2,1H3,(H,25,26)/b24-14+. The number of hydrazone groups is 1. The van der Waals surface area contributed by atoms with Gasteiger partial charge >= 0.3 is 0 Å². The van der Waals surface area contributed by atoms with Gasteiger partial charge in [0.1, 0.15) is 18.1 Å². The molecular weight excluding hydrogens is 420 g/mol. The van der Waals surface area contributed by atoms with Crippen molar-refractivity contribution in [3.05, 3.63) is 94.0 Å². The fourth-order valence-corrected chi connectivity index (χ4v) is 3.01. The fourth-order valence-electron chi connectivity index (χ4n) is 2.54. The number of carbonyl (C=O) groups is 1. The van der Waals surface area contributed by atoms with Crippen molar-refractivity contribution in [2.75, 3.05) is 7.11 Å². The lowest BCUT2D eigenvalue weighted by Gasteiger charge is -2.11. The van der Waals surface area contributed by atoms with Gasteiger partial charge in [-0.3, -0.25) is 4.79 Å². The van der Waals surface area contributed by atoms with Gasteiger partial charge in [0.2, 0.25) is 0 Å². The van der Waals surface area contributed by atoms with E-state index in [1.54, 1.807) is 31.5 Å². The van der Waals surface area contributed by atoms with Crippen molar-refractivity contribution >= 4 is 28.1 Å². The summed E-state index contributed by atoms with van der Waals surface area (Å²) in [6.07, 6.45) is 1.58. The van der Waals surface area contributed by atoms with E-state index >= 15 is 0 Å². The third kappa shape index (κ3) is 5.20. The summed E-state index contributed by atoms with van der Waals surface area (Å²) in [5.41, 5.74) is 4.75. The zero-order valence-corrected chi connectivity index (χ0v) is 16.8. The maximum atomic E-state index is 12.2. The first kappa shape index (κ1) is 19.6. The highest BCUT2D eigenvalue weighted by Gasteiger charge is 2.08. The Morgan fingerprint density at radius 3 is 2.57 bits per heavy atom. The van der Waals surface area contributed by atoms with Gasteiger partial charge in [-0.25, -0.2) is 5.43 Å². The van der Waals surface area contributed by atoms with Gasteiger partial charge in [-0.2, -0.15) is 5.10 Å². The first-order chi connectivity index (χ1) is 13.7. The summed E-state index contributed by atoms with van der Waals surface area (Å²) in [5.74, 6) is 1.22. The van der Waals surface area contributed by atoms with E-state index in [0.29, 0.717) is 16.6 Å². The van der Waals surface area contributed by atoms with Gasteiger partial charge in [0.25, 0.3) is 5.91 Å². The van der Waals surface area contributed by atoms with E-state index in [0.717, 1.165) is 22.6 Å². The Balaban J connectivity index is 1.67. The van der Waals surface area contributed by atoms with Crippen LogP contribution in [-0.2, 0) is 6.61 Å². The van der Waals surface area contributed by atoms with E-state index in [9.17, 15) is 4.79 Å². The summed E-state index contributed by atoms with van der Waals surface area (Å²) in [5, 5.41) is 4.05. The molecule has 1 amide bonds. The van der Waals surface area contributed by atoms with Crippen LogP contribution in [0.1, 0.15) is 21.5 Å². The Morgan fingerprint density at radius 2 is 1.82 bits per heavy atom. The van der Waals surface area contributed by atoms with Crippen LogP contribution in [0.25, 0.3) is 0 Å². The number of rotatable bonds is 7. The number of para-hydroxylation sites is 1.